The smallest absolute Gasteiger partial charge is 0.475 e. The number of piperazine rings is 1. The van der Waals surface area contributed by atoms with Crippen LogP contribution in [0.4, 0.5) is 19.1 Å². The molecule has 1 saturated heterocycles. The molecule has 31 heavy (non-hydrogen) atoms. The topological polar surface area (TPSA) is 105 Å². The minimum atomic E-state index is -5.08. The van der Waals surface area contributed by atoms with E-state index in [0.717, 1.165) is 37.7 Å². The first kappa shape index (κ1) is 22.3. The number of rotatable bonds is 3. The Balaban J connectivity index is 0.000000339. The molecule has 2 aromatic heterocycles. The van der Waals surface area contributed by atoms with Crippen molar-refractivity contribution in [3.63, 3.8) is 0 Å². The van der Waals surface area contributed by atoms with Gasteiger partial charge in [-0.15, -0.1) is 0 Å². The highest BCUT2D eigenvalue weighted by atomic mass is 19.4. The predicted octanol–water partition coefficient (Wildman–Crippen LogP) is 1.22. The molecule has 1 aromatic carbocycles. The Morgan fingerprint density at radius 2 is 1.81 bits per heavy atom. The van der Waals surface area contributed by atoms with Gasteiger partial charge in [0.2, 0.25) is 5.95 Å². The van der Waals surface area contributed by atoms with Crippen molar-refractivity contribution in [3.05, 3.63) is 52.4 Å². The lowest BCUT2D eigenvalue weighted by Crippen LogP contribution is -2.44. The van der Waals surface area contributed by atoms with E-state index in [-0.39, 0.29) is 5.56 Å². The van der Waals surface area contributed by atoms with Crippen molar-refractivity contribution in [2.24, 2.45) is 7.05 Å². The number of nitrogens with zero attached hydrogens (tertiary/aromatic N) is 5. The van der Waals surface area contributed by atoms with Crippen LogP contribution >= 0.6 is 0 Å². The second-order valence-electron chi connectivity index (χ2n) is 6.83. The van der Waals surface area contributed by atoms with Crippen LogP contribution in [-0.4, -0.2) is 62.8 Å². The average Bonchev–Trinajstić information content (AvgIpc) is 3.11. The highest BCUT2D eigenvalue weighted by Crippen LogP contribution is 2.22. The molecule has 3 heterocycles. The molecule has 0 radical (unpaired) electrons. The van der Waals surface area contributed by atoms with E-state index in [1.807, 2.05) is 22.8 Å². The first-order valence-corrected chi connectivity index (χ1v) is 9.40. The molecule has 3 aromatic rings. The van der Waals surface area contributed by atoms with E-state index in [1.54, 1.807) is 13.2 Å². The number of aliphatic carboxylic acids is 1. The first-order chi connectivity index (χ1) is 14.7. The summed E-state index contributed by atoms with van der Waals surface area (Å²) in [5.74, 6) is -1.91. The maximum absolute atomic E-state index is 12.6. The van der Waals surface area contributed by atoms with Gasteiger partial charge in [0.25, 0.3) is 5.56 Å². The highest BCUT2D eigenvalue weighted by molar-refractivity contribution is 5.77. The van der Waals surface area contributed by atoms with Crippen LogP contribution in [0.25, 0.3) is 11.0 Å². The lowest BCUT2D eigenvalue weighted by atomic mass is 10.2. The average molecular weight is 438 g/mol. The number of halogens is 3. The second kappa shape index (κ2) is 9.16. The molecule has 2 N–H and O–H groups in total. The van der Waals surface area contributed by atoms with Gasteiger partial charge in [0.15, 0.2) is 0 Å². The number of fused-ring (bicyclic) bond motifs is 1. The van der Waals surface area contributed by atoms with Crippen molar-refractivity contribution < 1.29 is 23.1 Å². The Morgan fingerprint density at radius 1 is 1.19 bits per heavy atom. The lowest BCUT2D eigenvalue weighted by molar-refractivity contribution is -0.192. The summed E-state index contributed by atoms with van der Waals surface area (Å²) in [6.45, 7) is 4.23. The molecular formula is C19H21F3N6O3. The number of carboxylic acids is 1. The third kappa shape index (κ3) is 5.20. The fourth-order valence-corrected chi connectivity index (χ4v) is 3.14. The van der Waals surface area contributed by atoms with Gasteiger partial charge >= 0.3 is 12.1 Å². The molecular weight excluding hydrogens is 417 g/mol. The van der Waals surface area contributed by atoms with Gasteiger partial charge in [-0.05, 0) is 5.56 Å². The number of carboxylic acid groups (broad SMARTS) is 1. The van der Waals surface area contributed by atoms with E-state index in [1.165, 1.54) is 4.68 Å². The summed E-state index contributed by atoms with van der Waals surface area (Å²) < 4.78 is 35.1. The Hall–Kier alpha value is -3.41. The fourth-order valence-electron chi connectivity index (χ4n) is 3.14. The molecule has 0 bridgehead atoms. The predicted molar refractivity (Wildman–Crippen MR) is 107 cm³/mol. The molecule has 0 unspecified atom stereocenters. The number of anilines is 1. The summed E-state index contributed by atoms with van der Waals surface area (Å²) in [6, 6.07) is 10.2. The fraction of sp³-hybridized carbons (Fsp3) is 0.368. The molecule has 166 valence electrons. The Morgan fingerprint density at radius 3 is 2.39 bits per heavy atom. The van der Waals surface area contributed by atoms with Gasteiger partial charge in [0.05, 0.1) is 12.7 Å². The monoisotopic (exact) mass is 438 g/mol. The van der Waals surface area contributed by atoms with Crippen LogP contribution < -0.4 is 15.8 Å². The summed E-state index contributed by atoms with van der Waals surface area (Å²) in [4.78, 5) is 28.5. The Kier molecular flexibility index (Phi) is 6.59. The van der Waals surface area contributed by atoms with Crippen LogP contribution in [0.3, 0.4) is 0 Å². The van der Waals surface area contributed by atoms with E-state index < -0.39 is 12.1 Å². The maximum Gasteiger partial charge on any atom is 0.490 e. The van der Waals surface area contributed by atoms with Gasteiger partial charge in [0.1, 0.15) is 11.0 Å². The van der Waals surface area contributed by atoms with Crippen LogP contribution in [-0.2, 0) is 18.4 Å². The summed E-state index contributed by atoms with van der Waals surface area (Å²) in [5.41, 5.74) is 2.30. The molecule has 1 aliphatic heterocycles. The quantitative estimate of drug-likeness (QED) is 0.634. The van der Waals surface area contributed by atoms with Crippen LogP contribution in [0, 0.1) is 0 Å². The standard InChI is InChI=1S/C17H20N6O.C2HF3O2/c1-21-16(24)15-14(11-19-21)20-17(22-9-7-18-8-10-22)23(15)12-13-5-3-2-4-6-13;3-2(4,5)1(6)7/h2-6,11,18H,7-10,12H2,1H3;(H,6,7). The molecule has 0 aliphatic carbocycles. The molecule has 12 heteroatoms. The zero-order valence-electron chi connectivity index (χ0n) is 16.6. The van der Waals surface area contributed by atoms with Crippen LogP contribution in [0.15, 0.2) is 41.3 Å². The number of nitrogens with one attached hydrogen (secondary N) is 1. The largest absolute Gasteiger partial charge is 0.490 e. The number of hydrogen-bond donors (Lipinski definition) is 2. The SMILES string of the molecule is Cn1ncc2nc(N3CCNCC3)n(Cc3ccccc3)c2c1=O.O=C(O)C(F)(F)F. The van der Waals surface area contributed by atoms with Crippen molar-refractivity contribution in [3.8, 4) is 0 Å². The summed E-state index contributed by atoms with van der Waals surface area (Å²) in [7, 11) is 1.67. The number of imidazole rings is 1. The molecule has 0 amide bonds. The van der Waals surface area contributed by atoms with E-state index in [0.29, 0.717) is 17.6 Å². The maximum atomic E-state index is 12.6. The Labute approximate surface area is 174 Å². The highest BCUT2D eigenvalue weighted by Gasteiger charge is 2.38. The van der Waals surface area contributed by atoms with Crippen molar-refractivity contribution in [2.45, 2.75) is 12.7 Å². The van der Waals surface area contributed by atoms with Crippen LogP contribution in [0.1, 0.15) is 5.56 Å². The minimum Gasteiger partial charge on any atom is -0.475 e. The Bertz CT molecular complexity index is 1100. The lowest BCUT2D eigenvalue weighted by Gasteiger charge is -2.28. The number of aryl methyl sites for hydroxylation is 1. The van der Waals surface area contributed by atoms with E-state index in [9.17, 15) is 18.0 Å². The summed E-state index contributed by atoms with van der Waals surface area (Å²) >= 11 is 0. The molecule has 0 saturated carbocycles. The molecule has 1 aliphatic rings. The third-order valence-electron chi connectivity index (χ3n) is 4.65. The third-order valence-corrected chi connectivity index (χ3v) is 4.65. The number of aromatic nitrogens is 4. The zero-order valence-corrected chi connectivity index (χ0v) is 16.6. The number of alkyl halides is 3. The first-order valence-electron chi connectivity index (χ1n) is 9.40. The van der Waals surface area contributed by atoms with E-state index in [4.69, 9.17) is 14.9 Å². The van der Waals surface area contributed by atoms with Gasteiger partial charge in [-0.2, -0.15) is 18.3 Å². The summed E-state index contributed by atoms with van der Waals surface area (Å²) in [5, 5.41) is 14.6. The van der Waals surface area contributed by atoms with Crippen molar-refractivity contribution >= 4 is 23.0 Å². The van der Waals surface area contributed by atoms with Crippen LogP contribution in [0.5, 0.6) is 0 Å². The van der Waals surface area contributed by atoms with Crippen molar-refractivity contribution in [1.29, 1.82) is 0 Å². The molecule has 0 spiro atoms. The number of benzene rings is 1. The molecule has 4 rings (SSSR count). The van der Waals surface area contributed by atoms with Gasteiger partial charge in [-0.1, -0.05) is 30.3 Å². The van der Waals surface area contributed by atoms with Gasteiger partial charge in [0, 0.05) is 33.2 Å². The molecule has 0 atom stereocenters. The van der Waals surface area contributed by atoms with Gasteiger partial charge < -0.3 is 19.9 Å². The normalized spacial score (nSPS) is 14.3. The van der Waals surface area contributed by atoms with Gasteiger partial charge in [-0.3, -0.25) is 4.79 Å². The van der Waals surface area contributed by atoms with E-state index >= 15 is 0 Å². The van der Waals surface area contributed by atoms with E-state index in [2.05, 4.69) is 27.4 Å². The van der Waals surface area contributed by atoms with Crippen LogP contribution in [0.2, 0.25) is 0 Å². The number of hydrogen-bond acceptors (Lipinski definition) is 6. The molecule has 9 nitrogen and oxygen atoms in total. The number of carbonyl (C=O) groups is 1. The minimum absolute atomic E-state index is 0.114. The van der Waals surface area contributed by atoms with Crippen molar-refractivity contribution in [1.82, 2.24) is 24.6 Å². The summed E-state index contributed by atoms with van der Waals surface area (Å²) in [6.07, 6.45) is -3.41. The second-order valence-corrected chi connectivity index (χ2v) is 6.83. The van der Waals surface area contributed by atoms with Gasteiger partial charge in [-0.25, -0.2) is 14.5 Å². The zero-order chi connectivity index (χ0) is 22.6. The van der Waals surface area contributed by atoms with Crippen molar-refractivity contribution in [2.75, 3.05) is 31.1 Å². The molecule has 1 fully saturated rings.